The minimum absolute atomic E-state index is 0.202. The van der Waals surface area contributed by atoms with Gasteiger partial charge in [0.2, 0.25) is 5.96 Å². The van der Waals surface area contributed by atoms with Gasteiger partial charge in [-0.2, -0.15) is 0 Å². The third-order valence-electron chi connectivity index (χ3n) is 5.35. The van der Waals surface area contributed by atoms with Crippen LogP contribution in [0.15, 0.2) is 53.3 Å². The van der Waals surface area contributed by atoms with Crippen LogP contribution in [0.3, 0.4) is 0 Å². The molecule has 1 fully saturated rings. The molecule has 2 unspecified atom stereocenters. The van der Waals surface area contributed by atoms with Crippen molar-refractivity contribution in [2.24, 2.45) is 4.99 Å². The van der Waals surface area contributed by atoms with E-state index in [1.54, 1.807) is 11.9 Å². The number of hydrogen-bond donors (Lipinski definition) is 0. The van der Waals surface area contributed by atoms with Crippen molar-refractivity contribution in [2.45, 2.75) is 32.5 Å². The van der Waals surface area contributed by atoms with Crippen LogP contribution in [0.2, 0.25) is 0 Å². The van der Waals surface area contributed by atoms with Gasteiger partial charge >= 0.3 is 6.03 Å². The third-order valence-corrected chi connectivity index (χ3v) is 5.35. The van der Waals surface area contributed by atoms with Crippen LogP contribution < -0.4 is 0 Å². The first-order chi connectivity index (χ1) is 13.5. The van der Waals surface area contributed by atoms with Crippen LogP contribution in [0, 0.1) is 0 Å². The number of rotatable bonds is 5. The Kier molecular flexibility index (Phi) is 4.66. The third kappa shape index (κ3) is 2.87. The Bertz CT molecular complexity index is 876. The quantitative estimate of drug-likeness (QED) is 0.789. The summed E-state index contributed by atoms with van der Waals surface area (Å²) in [6.07, 6.45) is 6.25. The molecule has 28 heavy (non-hydrogen) atoms. The molecule has 3 heterocycles. The summed E-state index contributed by atoms with van der Waals surface area (Å²) >= 11 is 0. The zero-order valence-electron chi connectivity index (χ0n) is 16.4. The molecule has 3 amide bonds. The molecule has 2 atom stereocenters. The molecule has 0 N–H and O–H groups in total. The van der Waals surface area contributed by atoms with Crippen LogP contribution in [0.5, 0.6) is 0 Å². The van der Waals surface area contributed by atoms with Gasteiger partial charge in [0.25, 0.3) is 5.91 Å². The van der Waals surface area contributed by atoms with Crippen LogP contribution in [-0.2, 0) is 4.79 Å². The minimum atomic E-state index is -0.500. The Morgan fingerprint density at radius 2 is 1.89 bits per heavy atom. The molecule has 3 aliphatic rings. The van der Waals surface area contributed by atoms with Gasteiger partial charge in [-0.05, 0) is 18.9 Å². The van der Waals surface area contributed by atoms with Crippen LogP contribution in [0.1, 0.15) is 25.8 Å². The molecular weight excluding hydrogens is 354 g/mol. The summed E-state index contributed by atoms with van der Waals surface area (Å²) in [6, 6.07) is 9.02. The highest BCUT2D eigenvalue weighted by atomic mass is 16.2. The van der Waals surface area contributed by atoms with E-state index < -0.39 is 12.2 Å². The molecule has 1 aromatic carbocycles. The van der Waals surface area contributed by atoms with Crippen molar-refractivity contribution in [3.8, 4) is 0 Å². The maximum atomic E-state index is 13.2. The summed E-state index contributed by atoms with van der Waals surface area (Å²) in [5.74, 6) is 0.566. The summed E-state index contributed by atoms with van der Waals surface area (Å²) in [6.45, 7) is 5.21. The standard InChI is InChI=1S/C21H25N5O2/c1-4-12-24-15(2)14-26-17-18(22-20(24)26)23(3)21(28)25(19(17)27)13-8-11-16-9-6-5-7-10-16/h5-11,14,17-18H,4,12-13H2,1-3H3/b11-8+. The lowest BCUT2D eigenvalue weighted by atomic mass is 10.1. The fraction of sp³-hybridized carbons (Fsp3) is 0.381. The first kappa shape index (κ1) is 18.3. The predicted molar refractivity (Wildman–Crippen MR) is 108 cm³/mol. The Morgan fingerprint density at radius 3 is 2.61 bits per heavy atom. The largest absolute Gasteiger partial charge is 0.328 e. The zero-order valence-corrected chi connectivity index (χ0v) is 16.4. The van der Waals surface area contributed by atoms with Crippen LogP contribution >= 0.6 is 0 Å². The highest BCUT2D eigenvalue weighted by Gasteiger charge is 2.53. The van der Waals surface area contributed by atoms with E-state index in [1.165, 1.54) is 4.90 Å². The Hall–Kier alpha value is -3.09. The maximum absolute atomic E-state index is 13.2. The molecular formula is C21H25N5O2. The number of likely N-dealkylation sites (N-methyl/N-ethyl adjacent to an activating group) is 1. The van der Waals surface area contributed by atoms with Crippen molar-refractivity contribution in [3.05, 3.63) is 53.9 Å². The Labute approximate surface area is 165 Å². The molecule has 3 aliphatic heterocycles. The van der Waals surface area contributed by atoms with E-state index in [-0.39, 0.29) is 18.5 Å². The number of hydrogen-bond acceptors (Lipinski definition) is 5. The van der Waals surface area contributed by atoms with Gasteiger partial charge in [-0.3, -0.25) is 9.69 Å². The SMILES string of the molecule is CCCN1C(C)=CN2C1=NC1C2C(=O)N(C/C=C/c2ccccc2)C(=O)N1C. The van der Waals surface area contributed by atoms with E-state index >= 15 is 0 Å². The lowest BCUT2D eigenvalue weighted by molar-refractivity contribution is -0.136. The molecule has 0 aliphatic carbocycles. The number of benzene rings is 1. The molecule has 7 nitrogen and oxygen atoms in total. The van der Waals surface area contributed by atoms with Crippen LogP contribution in [0.4, 0.5) is 4.79 Å². The summed E-state index contributed by atoms with van der Waals surface area (Å²) in [5.41, 5.74) is 2.10. The lowest BCUT2D eigenvalue weighted by Gasteiger charge is -2.39. The molecule has 7 heteroatoms. The fourth-order valence-corrected chi connectivity index (χ4v) is 3.93. The normalized spacial score (nSPS) is 24.1. The second kappa shape index (κ2) is 7.14. The molecule has 146 valence electrons. The second-order valence-corrected chi connectivity index (χ2v) is 7.27. The lowest BCUT2D eigenvalue weighted by Crippen LogP contribution is -2.64. The summed E-state index contributed by atoms with van der Waals surface area (Å²) in [4.78, 5) is 37.6. The van der Waals surface area contributed by atoms with E-state index in [2.05, 4.69) is 11.8 Å². The van der Waals surface area contributed by atoms with Crippen LogP contribution in [-0.4, -0.2) is 69.8 Å². The molecule has 0 bridgehead atoms. The molecule has 0 radical (unpaired) electrons. The van der Waals surface area contributed by atoms with Crippen molar-refractivity contribution in [1.82, 2.24) is 19.6 Å². The van der Waals surface area contributed by atoms with Gasteiger partial charge in [0.1, 0.15) is 0 Å². The van der Waals surface area contributed by atoms with E-state index in [0.29, 0.717) is 0 Å². The summed E-state index contributed by atoms with van der Waals surface area (Å²) in [5, 5.41) is 0. The Balaban J connectivity index is 1.55. The van der Waals surface area contributed by atoms with Gasteiger partial charge in [0.15, 0.2) is 12.2 Å². The smallest absolute Gasteiger partial charge is 0.315 e. The number of imide groups is 1. The van der Waals surface area contributed by atoms with Gasteiger partial charge in [-0.15, -0.1) is 0 Å². The van der Waals surface area contributed by atoms with Gasteiger partial charge < -0.3 is 14.7 Å². The first-order valence-electron chi connectivity index (χ1n) is 9.64. The summed E-state index contributed by atoms with van der Waals surface area (Å²) < 4.78 is 0. The monoisotopic (exact) mass is 379 g/mol. The van der Waals surface area contributed by atoms with Crippen molar-refractivity contribution in [3.63, 3.8) is 0 Å². The number of guanidine groups is 1. The van der Waals surface area contributed by atoms with Gasteiger partial charge in [-0.25, -0.2) is 9.79 Å². The van der Waals surface area contributed by atoms with Gasteiger partial charge in [-0.1, -0.05) is 49.4 Å². The second-order valence-electron chi connectivity index (χ2n) is 7.27. The van der Waals surface area contributed by atoms with E-state index in [9.17, 15) is 9.59 Å². The van der Waals surface area contributed by atoms with Crippen molar-refractivity contribution in [2.75, 3.05) is 20.1 Å². The van der Waals surface area contributed by atoms with Gasteiger partial charge in [0.05, 0.1) is 0 Å². The molecule has 1 saturated heterocycles. The number of nitrogens with zero attached hydrogens (tertiary/aromatic N) is 5. The molecule has 1 aromatic rings. The average Bonchev–Trinajstić information content (AvgIpc) is 3.20. The highest BCUT2D eigenvalue weighted by molar-refractivity contribution is 6.05. The fourth-order valence-electron chi connectivity index (χ4n) is 3.93. The van der Waals surface area contributed by atoms with E-state index in [1.807, 2.05) is 60.5 Å². The number of aliphatic imine (C=N–C) groups is 1. The number of carbonyl (C=O) groups excluding carboxylic acids is 2. The summed E-state index contributed by atoms with van der Waals surface area (Å²) in [7, 11) is 1.72. The molecule has 0 spiro atoms. The number of allylic oxidation sites excluding steroid dienone is 1. The van der Waals surface area contributed by atoms with E-state index in [0.717, 1.165) is 30.2 Å². The van der Waals surface area contributed by atoms with Crippen molar-refractivity contribution < 1.29 is 9.59 Å². The van der Waals surface area contributed by atoms with Crippen molar-refractivity contribution >= 4 is 24.0 Å². The number of urea groups is 1. The van der Waals surface area contributed by atoms with Gasteiger partial charge in [0, 0.05) is 32.0 Å². The van der Waals surface area contributed by atoms with Crippen LogP contribution in [0.25, 0.3) is 6.08 Å². The number of amides is 3. The maximum Gasteiger partial charge on any atom is 0.328 e. The predicted octanol–water partition coefficient (Wildman–Crippen LogP) is 2.55. The number of fused-ring (bicyclic) bond motifs is 3. The molecule has 0 saturated carbocycles. The first-order valence-corrected chi connectivity index (χ1v) is 9.64. The topological polar surface area (TPSA) is 59.5 Å². The Morgan fingerprint density at radius 1 is 1.14 bits per heavy atom. The molecule has 0 aromatic heterocycles. The highest BCUT2D eigenvalue weighted by Crippen LogP contribution is 2.33. The van der Waals surface area contributed by atoms with Crippen molar-refractivity contribution in [1.29, 1.82) is 0 Å². The number of carbonyl (C=O) groups is 2. The zero-order chi connectivity index (χ0) is 19.8. The van der Waals surface area contributed by atoms with E-state index in [4.69, 9.17) is 4.99 Å². The average molecular weight is 379 g/mol. The minimum Gasteiger partial charge on any atom is -0.315 e. The molecule has 4 rings (SSSR count).